The number of piperidine rings is 1. The lowest BCUT2D eigenvalue weighted by atomic mass is 10.0. The van der Waals surface area contributed by atoms with Crippen LogP contribution in [-0.4, -0.2) is 38.3 Å². The van der Waals surface area contributed by atoms with Crippen molar-refractivity contribution in [1.82, 2.24) is 9.62 Å². The first kappa shape index (κ1) is 18.9. The maximum absolute atomic E-state index is 12.6. The first-order chi connectivity index (χ1) is 11.3. The van der Waals surface area contributed by atoms with E-state index in [-0.39, 0.29) is 10.8 Å². The number of nitrogens with one attached hydrogen (secondary N) is 1. The number of carbonyl (C=O) groups excluding carboxylic acids is 1. The summed E-state index contributed by atoms with van der Waals surface area (Å²) in [7, 11) is -3.45. The van der Waals surface area contributed by atoms with Gasteiger partial charge in [-0.2, -0.15) is 4.31 Å². The van der Waals surface area contributed by atoms with Crippen LogP contribution in [0.5, 0.6) is 0 Å². The number of nitrogens with zero attached hydrogens (tertiary/aromatic N) is 1. The topological polar surface area (TPSA) is 66.5 Å². The van der Waals surface area contributed by atoms with Crippen LogP contribution in [0.3, 0.4) is 0 Å². The van der Waals surface area contributed by atoms with Crippen molar-refractivity contribution in [3.8, 4) is 0 Å². The van der Waals surface area contributed by atoms with E-state index in [4.69, 9.17) is 0 Å². The molecule has 1 N–H and O–H groups in total. The molecular formula is C18H28N2O3S. The minimum atomic E-state index is -3.45. The first-order valence-electron chi connectivity index (χ1n) is 8.69. The van der Waals surface area contributed by atoms with Crippen molar-refractivity contribution >= 4 is 15.9 Å². The van der Waals surface area contributed by atoms with E-state index in [0.29, 0.717) is 37.0 Å². The smallest absolute Gasteiger partial charge is 0.251 e. The van der Waals surface area contributed by atoms with Gasteiger partial charge in [0.2, 0.25) is 10.0 Å². The molecule has 1 heterocycles. The third kappa shape index (κ3) is 4.80. The zero-order chi connectivity index (χ0) is 17.7. The quantitative estimate of drug-likeness (QED) is 0.856. The predicted octanol–water partition coefficient (Wildman–Crippen LogP) is 2.88. The van der Waals surface area contributed by atoms with Crippen molar-refractivity contribution in [2.45, 2.75) is 44.9 Å². The Kier molecular flexibility index (Phi) is 6.40. The van der Waals surface area contributed by atoms with Crippen molar-refractivity contribution in [2.75, 3.05) is 19.6 Å². The molecule has 24 heavy (non-hydrogen) atoms. The summed E-state index contributed by atoms with van der Waals surface area (Å²) < 4.78 is 26.8. The number of amides is 1. The number of carbonyl (C=O) groups is 1. The third-order valence-electron chi connectivity index (χ3n) is 4.50. The summed E-state index contributed by atoms with van der Waals surface area (Å²) in [6, 6.07) is 6.24. The van der Waals surface area contributed by atoms with E-state index in [0.717, 1.165) is 19.3 Å². The fraction of sp³-hybridized carbons (Fsp3) is 0.611. The van der Waals surface area contributed by atoms with Crippen molar-refractivity contribution in [1.29, 1.82) is 0 Å². The van der Waals surface area contributed by atoms with Gasteiger partial charge in [0, 0.05) is 25.2 Å². The Morgan fingerprint density at radius 2 is 1.79 bits per heavy atom. The molecule has 0 bridgehead atoms. The van der Waals surface area contributed by atoms with Gasteiger partial charge in [-0.1, -0.05) is 20.8 Å². The van der Waals surface area contributed by atoms with E-state index in [1.165, 1.54) is 12.1 Å². The molecule has 0 radical (unpaired) electrons. The highest BCUT2D eigenvalue weighted by Gasteiger charge is 2.28. The first-order valence-corrected chi connectivity index (χ1v) is 10.1. The normalized spacial score (nSPS) is 17.2. The zero-order valence-electron chi connectivity index (χ0n) is 14.8. The second-order valence-electron chi connectivity index (χ2n) is 7.05. The maximum atomic E-state index is 12.6. The van der Waals surface area contributed by atoms with Gasteiger partial charge >= 0.3 is 0 Å². The van der Waals surface area contributed by atoms with Crippen LogP contribution in [0.4, 0.5) is 0 Å². The molecule has 0 unspecified atom stereocenters. The van der Waals surface area contributed by atoms with Gasteiger partial charge in [0.05, 0.1) is 4.90 Å². The average Bonchev–Trinajstić information content (AvgIpc) is 2.55. The molecule has 6 heteroatoms. The lowest BCUT2D eigenvalue weighted by molar-refractivity contribution is 0.0952. The van der Waals surface area contributed by atoms with E-state index < -0.39 is 10.0 Å². The Bertz CT molecular complexity index is 645. The average molecular weight is 353 g/mol. The minimum Gasteiger partial charge on any atom is -0.352 e. The van der Waals surface area contributed by atoms with Crippen molar-refractivity contribution < 1.29 is 13.2 Å². The van der Waals surface area contributed by atoms with Crippen LogP contribution in [0.25, 0.3) is 0 Å². The van der Waals surface area contributed by atoms with Crippen LogP contribution in [0.1, 0.15) is 50.4 Å². The lowest BCUT2D eigenvalue weighted by Crippen LogP contribution is -2.37. The Morgan fingerprint density at radius 3 is 2.33 bits per heavy atom. The van der Waals surface area contributed by atoms with E-state index in [9.17, 15) is 13.2 Å². The Morgan fingerprint density at radius 1 is 1.21 bits per heavy atom. The molecule has 2 rings (SSSR count). The van der Waals surface area contributed by atoms with Gasteiger partial charge in [-0.3, -0.25) is 4.79 Å². The summed E-state index contributed by atoms with van der Waals surface area (Å²) in [5.41, 5.74) is 0.491. The number of benzene rings is 1. The summed E-state index contributed by atoms with van der Waals surface area (Å²) in [5, 5.41) is 2.86. The number of sulfonamides is 1. The highest BCUT2D eigenvalue weighted by Crippen LogP contribution is 2.23. The van der Waals surface area contributed by atoms with Crippen LogP contribution in [0.15, 0.2) is 29.2 Å². The van der Waals surface area contributed by atoms with Gasteiger partial charge < -0.3 is 5.32 Å². The summed E-state index contributed by atoms with van der Waals surface area (Å²) in [4.78, 5) is 12.3. The zero-order valence-corrected chi connectivity index (χ0v) is 15.6. The van der Waals surface area contributed by atoms with Crippen molar-refractivity contribution in [2.24, 2.45) is 11.8 Å². The van der Waals surface area contributed by atoms with E-state index in [1.807, 2.05) is 0 Å². The van der Waals surface area contributed by atoms with Crippen molar-refractivity contribution in [3.63, 3.8) is 0 Å². The molecular weight excluding hydrogens is 324 g/mol. The molecule has 1 fully saturated rings. The lowest BCUT2D eigenvalue weighted by Gasteiger charge is -2.29. The molecule has 0 atom stereocenters. The highest BCUT2D eigenvalue weighted by atomic mass is 32.2. The minimum absolute atomic E-state index is 0.161. The molecule has 1 aromatic rings. The van der Waals surface area contributed by atoms with Crippen LogP contribution in [0, 0.1) is 11.8 Å². The second kappa shape index (κ2) is 8.12. The van der Waals surface area contributed by atoms with Gasteiger partial charge in [0.15, 0.2) is 0 Å². The van der Waals surface area contributed by atoms with Crippen LogP contribution < -0.4 is 5.32 Å². The Labute approximate surface area is 145 Å². The van der Waals surface area contributed by atoms with Gasteiger partial charge in [0.1, 0.15) is 0 Å². The molecule has 0 aromatic heterocycles. The summed E-state index contributed by atoms with van der Waals surface area (Å²) in [5.74, 6) is 0.949. The fourth-order valence-electron chi connectivity index (χ4n) is 2.73. The SMILES string of the molecule is CC(C)CCNC(=O)c1ccc(S(=O)(=O)N2CCC(C)CC2)cc1. The Hall–Kier alpha value is -1.40. The molecule has 1 amide bonds. The molecule has 1 aliphatic rings. The van der Waals surface area contributed by atoms with Gasteiger partial charge in [-0.25, -0.2) is 8.42 Å². The molecule has 5 nitrogen and oxygen atoms in total. The predicted molar refractivity (Wildman–Crippen MR) is 95.4 cm³/mol. The summed E-state index contributed by atoms with van der Waals surface area (Å²) in [6.07, 6.45) is 2.72. The van der Waals surface area contributed by atoms with E-state index in [1.54, 1.807) is 16.4 Å². The molecule has 1 aromatic carbocycles. The second-order valence-corrected chi connectivity index (χ2v) is 8.99. The van der Waals surface area contributed by atoms with Gasteiger partial charge in [0.25, 0.3) is 5.91 Å². The molecule has 0 saturated carbocycles. The monoisotopic (exact) mass is 352 g/mol. The fourth-order valence-corrected chi connectivity index (χ4v) is 4.20. The standard InChI is InChI=1S/C18H28N2O3S/c1-14(2)8-11-19-18(21)16-4-6-17(7-5-16)24(22,23)20-12-9-15(3)10-13-20/h4-7,14-15H,8-13H2,1-3H3,(H,19,21). The maximum Gasteiger partial charge on any atom is 0.251 e. The number of hydrogen-bond acceptors (Lipinski definition) is 3. The largest absolute Gasteiger partial charge is 0.352 e. The van der Waals surface area contributed by atoms with Crippen LogP contribution in [0.2, 0.25) is 0 Å². The molecule has 1 aliphatic heterocycles. The number of rotatable bonds is 6. The van der Waals surface area contributed by atoms with E-state index >= 15 is 0 Å². The summed E-state index contributed by atoms with van der Waals surface area (Å²) >= 11 is 0. The summed E-state index contributed by atoms with van der Waals surface area (Å²) in [6.45, 7) is 8.13. The number of hydrogen-bond donors (Lipinski definition) is 1. The van der Waals surface area contributed by atoms with Crippen LogP contribution in [-0.2, 0) is 10.0 Å². The highest BCUT2D eigenvalue weighted by molar-refractivity contribution is 7.89. The molecule has 0 aliphatic carbocycles. The third-order valence-corrected chi connectivity index (χ3v) is 6.42. The van der Waals surface area contributed by atoms with Gasteiger partial charge in [-0.05, 0) is 55.4 Å². The molecule has 134 valence electrons. The van der Waals surface area contributed by atoms with Crippen molar-refractivity contribution in [3.05, 3.63) is 29.8 Å². The molecule has 1 saturated heterocycles. The van der Waals surface area contributed by atoms with E-state index in [2.05, 4.69) is 26.1 Å². The molecule has 0 spiro atoms. The van der Waals surface area contributed by atoms with Crippen LogP contribution >= 0.6 is 0 Å². The Balaban J connectivity index is 2.01. The van der Waals surface area contributed by atoms with Gasteiger partial charge in [-0.15, -0.1) is 0 Å².